The first-order chi connectivity index (χ1) is 7.31. The number of rotatable bonds is 2. The highest BCUT2D eigenvalue weighted by molar-refractivity contribution is 9.09. The van der Waals surface area contributed by atoms with E-state index in [0.29, 0.717) is 0 Å². The third-order valence-electron chi connectivity index (χ3n) is 2.78. The van der Waals surface area contributed by atoms with Gasteiger partial charge in [-0.1, -0.05) is 27.5 Å². The molecular weight excluding hydrogens is 275 g/mol. The van der Waals surface area contributed by atoms with Gasteiger partial charge < -0.3 is 4.90 Å². The molecule has 2 nitrogen and oxygen atoms in total. The molecule has 0 aromatic carbocycles. The van der Waals surface area contributed by atoms with Gasteiger partial charge in [-0.2, -0.15) is 0 Å². The van der Waals surface area contributed by atoms with E-state index in [0.717, 1.165) is 35.2 Å². The van der Waals surface area contributed by atoms with E-state index in [1.165, 1.54) is 12.8 Å². The number of aromatic nitrogens is 1. The lowest BCUT2D eigenvalue weighted by atomic mass is 10.0. The van der Waals surface area contributed by atoms with Gasteiger partial charge in [0.05, 0.1) is 5.02 Å². The SMILES string of the molecule is Clc1cccnc1N1CCCC(CBr)C1. The Hall–Kier alpha value is -0.280. The van der Waals surface area contributed by atoms with Gasteiger partial charge in [-0.15, -0.1) is 0 Å². The second-order valence-corrected chi connectivity index (χ2v) is 4.97. The Morgan fingerprint density at radius 1 is 1.60 bits per heavy atom. The standard InChI is InChI=1S/C11H14BrClN2/c12-7-9-3-2-6-15(8-9)11-10(13)4-1-5-14-11/h1,4-5,9H,2-3,6-8H2. The third kappa shape index (κ3) is 2.64. The summed E-state index contributed by atoms with van der Waals surface area (Å²) in [6, 6.07) is 3.78. The van der Waals surface area contributed by atoms with Crippen LogP contribution in [0.25, 0.3) is 0 Å². The highest BCUT2D eigenvalue weighted by atomic mass is 79.9. The average molecular weight is 290 g/mol. The molecule has 0 saturated carbocycles. The highest BCUT2D eigenvalue weighted by Gasteiger charge is 2.21. The number of alkyl halides is 1. The van der Waals surface area contributed by atoms with Crippen molar-refractivity contribution in [2.45, 2.75) is 12.8 Å². The van der Waals surface area contributed by atoms with Crippen LogP contribution in [0.2, 0.25) is 5.02 Å². The van der Waals surface area contributed by atoms with Crippen LogP contribution < -0.4 is 4.90 Å². The predicted molar refractivity (Wildman–Crippen MR) is 68.0 cm³/mol. The molecule has 1 atom stereocenters. The van der Waals surface area contributed by atoms with Crippen molar-refractivity contribution in [3.05, 3.63) is 23.4 Å². The Labute approximate surface area is 104 Å². The first-order valence-electron chi connectivity index (χ1n) is 5.22. The summed E-state index contributed by atoms with van der Waals surface area (Å²) >= 11 is 9.68. The van der Waals surface area contributed by atoms with Crippen molar-refractivity contribution < 1.29 is 0 Å². The molecule has 2 rings (SSSR count). The summed E-state index contributed by atoms with van der Waals surface area (Å²) in [4.78, 5) is 6.64. The summed E-state index contributed by atoms with van der Waals surface area (Å²) < 4.78 is 0. The molecule has 2 heterocycles. The van der Waals surface area contributed by atoms with Crippen molar-refractivity contribution in [3.8, 4) is 0 Å². The van der Waals surface area contributed by atoms with Gasteiger partial charge in [-0.3, -0.25) is 0 Å². The quantitative estimate of drug-likeness (QED) is 0.776. The fourth-order valence-electron chi connectivity index (χ4n) is 1.99. The van der Waals surface area contributed by atoms with E-state index in [9.17, 15) is 0 Å². The molecule has 0 aliphatic carbocycles. The topological polar surface area (TPSA) is 16.1 Å². The number of piperidine rings is 1. The smallest absolute Gasteiger partial charge is 0.147 e. The molecule has 0 bridgehead atoms. The Balaban J connectivity index is 2.13. The van der Waals surface area contributed by atoms with E-state index in [-0.39, 0.29) is 0 Å². The Morgan fingerprint density at radius 3 is 3.20 bits per heavy atom. The zero-order valence-electron chi connectivity index (χ0n) is 8.50. The summed E-state index contributed by atoms with van der Waals surface area (Å²) in [6.07, 6.45) is 4.33. The molecule has 0 amide bonds. The minimum absolute atomic E-state index is 0.719. The van der Waals surface area contributed by atoms with E-state index in [2.05, 4.69) is 25.8 Å². The molecule has 1 fully saturated rings. The lowest BCUT2D eigenvalue weighted by Gasteiger charge is -2.33. The maximum atomic E-state index is 6.13. The average Bonchev–Trinajstić information content (AvgIpc) is 2.30. The minimum Gasteiger partial charge on any atom is -0.355 e. The second-order valence-electron chi connectivity index (χ2n) is 3.92. The number of pyridine rings is 1. The van der Waals surface area contributed by atoms with Crippen LogP contribution >= 0.6 is 27.5 Å². The Kier molecular flexibility index (Phi) is 3.87. The second kappa shape index (κ2) is 5.17. The van der Waals surface area contributed by atoms with Gasteiger partial charge in [0.2, 0.25) is 0 Å². The van der Waals surface area contributed by atoms with Crippen LogP contribution in [-0.2, 0) is 0 Å². The van der Waals surface area contributed by atoms with E-state index in [4.69, 9.17) is 11.6 Å². The van der Waals surface area contributed by atoms with Gasteiger partial charge in [0.15, 0.2) is 0 Å². The normalized spacial score (nSPS) is 21.7. The maximum Gasteiger partial charge on any atom is 0.147 e. The van der Waals surface area contributed by atoms with Crippen LogP contribution in [0.4, 0.5) is 5.82 Å². The largest absolute Gasteiger partial charge is 0.355 e. The fourth-order valence-corrected chi connectivity index (χ4v) is 2.76. The lowest BCUT2D eigenvalue weighted by Crippen LogP contribution is -2.36. The zero-order valence-corrected chi connectivity index (χ0v) is 10.8. The van der Waals surface area contributed by atoms with Gasteiger partial charge >= 0.3 is 0 Å². The molecule has 1 aromatic rings. The molecule has 0 spiro atoms. The summed E-state index contributed by atoms with van der Waals surface area (Å²) in [5.41, 5.74) is 0. The molecule has 0 radical (unpaired) electrons. The van der Waals surface area contributed by atoms with Crippen molar-refractivity contribution in [2.75, 3.05) is 23.3 Å². The summed E-state index contributed by atoms with van der Waals surface area (Å²) in [5, 5.41) is 1.82. The minimum atomic E-state index is 0.719. The van der Waals surface area contributed by atoms with E-state index in [1.54, 1.807) is 6.20 Å². The lowest BCUT2D eigenvalue weighted by molar-refractivity contribution is 0.453. The van der Waals surface area contributed by atoms with Crippen molar-refractivity contribution >= 4 is 33.3 Å². The molecule has 1 unspecified atom stereocenters. The van der Waals surface area contributed by atoms with Crippen LogP contribution in [0, 0.1) is 5.92 Å². The highest BCUT2D eigenvalue weighted by Crippen LogP contribution is 2.27. The van der Waals surface area contributed by atoms with Crippen LogP contribution in [0.15, 0.2) is 18.3 Å². The molecule has 4 heteroatoms. The molecule has 1 aliphatic heterocycles. The van der Waals surface area contributed by atoms with Crippen molar-refractivity contribution in [1.82, 2.24) is 4.98 Å². The first-order valence-corrected chi connectivity index (χ1v) is 6.72. The molecule has 1 aromatic heterocycles. The Bertz CT molecular complexity index is 332. The van der Waals surface area contributed by atoms with Gasteiger partial charge in [0, 0.05) is 24.6 Å². The molecule has 82 valence electrons. The van der Waals surface area contributed by atoms with Crippen LogP contribution in [0.3, 0.4) is 0 Å². The Morgan fingerprint density at radius 2 is 2.47 bits per heavy atom. The molecule has 15 heavy (non-hydrogen) atoms. The summed E-state index contributed by atoms with van der Waals surface area (Å²) in [7, 11) is 0. The van der Waals surface area contributed by atoms with Crippen LogP contribution in [0.5, 0.6) is 0 Å². The molecule has 0 N–H and O–H groups in total. The predicted octanol–water partition coefficient (Wildman–Crippen LogP) is 3.35. The fraction of sp³-hybridized carbons (Fsp3) is 0.545. The van der Waals surface area contributed by atoms with E-state index in [1.807, 2.05) is 12.1 Å². The van der Waals surface area contributed by atoms with Crippen molar-refractivity contribution in [3.63, 3.8) is 0 Å². The number of hydrogen-bond acceptors (Lipinski definition) is 2. The van der Waals surface area contributed by atoms with Gasteiger partial charge in [-0.25, -0.2) is 4.98 Å². The summed E-state index contributed by atoms with van der Waals surface area (Å²) in [5.74, 6) is 1.65. The first kappa shape index (κ1) is 11.2. The zero-order chi connectivity index (χ0) is 10.7. The monoisotopic (exact) mass is 288 g/mol. The van der Waals surface area contributed by atoms with Gasteiger partial charge in [0.25, 0.3) is 0 Å². The van der Waals surface area contributed by atoms with E-state index >= 15 is 0 Å². The van der Waals surface area contributed by atoms with Crippen LogP contribution in [-0.4, -0.2) is 23.4 Å². The number of hydrogen-bond donors (Lipinski definition) is 0. The third-order valence-corrected chi connectivity index (χ3v) is 3.99. The maximum absolute atomic E-state index is 6.13. The van der Waals surface area contributed by atoms with Crippen LogP contribution in [0.1, 0.15) is 12.8 Å². The van der Waals surface area contributed by atoms with E-state index < -0.39 is 0 Å². The number of nitrogens with zero attached hydrogens (tertiary/aromatic N) is 2. The number of halogens is 2. The molecular formula is C11H14BrClN2. The molecule has 1 aliphatic rings. The summed E-state index contributed by atoms with van der Waals surface area (Å²) in [6.45, 7) is 2.13. The van der Waals surface area contributed by atoms with Crippen molar-refractivity contribution in [2.24, 2.45) is 5.92 Å². The molecule has 1 saturated heterocycles. The van der Waals surface area contributed by atoms with Crippen molar-refractivity contribution in [1.29, 1.82) is 0 Å². The number of anilines is 1. The van der Waals surface area contributed by atoms with Gasteiger partial charge in [-0.05, 0) is 30.9 Å². The van der Waals surface area contributed by atoms with Gasteiger partial charge in [0.1, 0.15) is 5.82 Å².